The van der Waals surface area contributed by atoms with Crippen LogP contribution in [-0.4, -0.2) is 22.8 Å². The average molecular weight is 350 g/mol. The van der Waals surface area contributed by atoms with Gasteiger partial charge in [0, 0.05) is 10.7 Å². The van der Waals surface area contributed by atoms with Crippen LogP contribution in [0.25, 0.3) is 5.69 Å². The van der Waals surface area contributed by atoms with Crippen molar-refractivity contribution in [3.8, 4) is 17.5 Å². The Balaban J connectivity index is 2.85. The molecular formula is C14H12BrN3O3. The molecular weight excluding hydrogens is 338 g/mol. The number of phenolic OH excluding ortho intramolecular Hbond substituents is 1. The van der Waals surface area contributed by atoms with Crippen molar-refractivity contribution in [1.29, 1.82) is 5.26 Å². The molecule has 2 rings (SSSR count). The zero-order valence-corrected chi connectivity index (χ0v) is 12.9. The number of halogens is 1. The van der Waals surface area contributed by atoms with E-state index in [0.717, 1.165) is 4.47 Å². The van der Waals surface area contributed by atoms with Gasteiger partial charge >= 0.3 is 5.97 Å². The summed E-state index contributed by atoms with van der Waals surface area (Å²) in [5.41, 5.74) is 7.04. The highest BCUT2D eigenvalue weighted by Gasteiger charge is 2.24. The van der Waals surface area contributed by atoms with Gasteiger partial charge in [0.05, 0.1) is 24.0 Å². The number of ether oxygens (including phenoxy) is 1. The monoisotopic (exact) mass is 349 g/mol. The van der Waals surface area contributed by atoms with Crippen molar-refractivity contribution in [3.63, 3.8) is 0 Å². The molecule has 0 spiro atoms. The number of methoxy groups -OCH3 is 1. The number of esters is 1. The van der Waals surface area contributed by atoms with Gasteiger partial charge in [-0.3, -0.25) is 0 Å². The minimum atomic E-state index is -0.687. The molecule has 0 aliphatic rings. The number of carbonyl (C=O) groups is 1. The fourth-order valence-corrected chi connectivity index (χ4v) is 2.38. The highest BCUT2D eigenvalue weighted by molar-refractivity contribution is 9.10. The van der Waals surface area contributed by atoms with E-state index < -0.39 is 5.97 Å². The fraction of sp³-hybridized carbons (Fsp3) is 0.143. The third-order valence-electron chi connectivity index (χ3n) is 3.13. The van der Waals surface area contributed by atoms with Crippen molar-refractivity contribution >= 4 is 27.6 Å². The molecule has 1 heterocycles. The normalized spacial score (nSPS) is 10.2. The molecule has 21 heavy (non-hydrogen) atoms. The van der Waals surface area contributed by atoms with Gasteiger partial charge < -0.3 is 20.1 Å². The number of nitrogen functional groups attached to an aromatic ring is 1. The standard InChI is InChI=1S/C14H12BrN3O3/c1-7-9(15)3-4-10(19)12(7)18-6-8(5-16)11(17)13(18)14(20)21-2/h3-4,6,19H,17H2,1-2H3. The maximum Gasteiger partial charge on any atom is 0.357 e. The van der Waals surface area contributed by atoms with E-state index >= 15 is 0 Å². The minimum absolute atomic E-state index is 0.00514. The third kappa shape index (κ3) is 2.34. The topological polar surface area (TPSA) is 101 Å². The lowest BCUT2D eigenvalue weighted by molar-refractivity contribution is 0.0593. The highest BCUT2D eigenvalue weighted by Crippen LogP contribution is 2.34. The zero-order chi connectivity index (χ0) is 15.7. The van der Waals surface area contributed by atoms with Crippen LogP contribution < -0.4 is 5.73 Å². The lowest BCUT2D eigenvalue weighted by Crippen LogP contribution is -2.12. The molecule has 0 fully saturated rings. The number of rotatable bonds is 2. The summed E-state index contributed by atoms with van der Waals surface area (Å²) >= 11 is 3.36. The summed E-state index contributed by atoms with van der Waals surface area (Å²) in [7, 11) is 1.22. The molecule has 0 bridgehead atoms. The van der Waals surface area contributed by atoms with E-state index in [2.05, 4.69) is 15.9 Å². The predicted molar refractivity (Wildman–Crippen MR) is 80.3 cm³/mol. The first-order chi connectivity index (χ1) is 9.92. The molecule has 0 aliphatic carbocycles. The first-order valence-corrected chi connectivity index (χ1v) is 6.69. The number of nitrogens with two attached hydrogens (primary N) is 1. The van der Waals surface area contributed by atoms with E-state index in [9.17, 15) is 9.90 Å². The number of benzene rings is 1. The molecule has 108 valence electrons. The molecule has 1 aromatic heterocycles. The molecule has 7 heteroatoms. The Morgan fingerprint density at radius 3 is 2.76 bits per heavy atom. The van der Waals surface area contributed by atoms with Gasteiger partial charge in [-0.1, -0.05) is 15.9 Å². The van der Waals surface area contributed by atoms with Crippen molar-refractivity contribution in [2.24, 2.45) is 0 Å². The Labute approximate surface area is 129 Å². The van der Waals surface area contributed by atoms with E-state index in [4.69, 9.17) is 15.7 Å². The first-order valence-electron chi connectivity index (χ1n) is 5.90. The number of hydrogen-bond acceptors (Lipinski definition) is 5. The summed E-state index contributed by atoms with van der Waals surface area (Å²) < 4.78 is 6.82. The third-order valence-corrected chi connectivity index (χ3v) is 3.99. The van der Waals surface area contributed by atoms with Gasteiger partial charge in [0.15, 0.2) is 5.69 Å². The van der Waals surface area contributed by atoms with E-state index in [-0.39, 0.29) is 22.7 Å². The average Bonchev–Trinajstić information content (AvgIpc) is 2.79. The molecule has 0 aliphatic heterocycles. The lowest BCUT2D eigenvalue weighted by atomic mass is 10.1. The van der Waals surface area contributed by atoms with Gasteiger partial charge in [-0.25, -0.2) is 4.79 Å². The molecule has 0 saturated heterocycles. The SMILES string of the molecule is COC(=O)c1c(N)c(C#N)cn1-c1c(O)ccc(Br)c1C. The number of anilines is 1. The number of phenols is 1. The van der Waals surface area contributed by atoms with Gasteiger partial charge in [0.25, 0.3) is 0 Å². The van der Waals surface area contributed by atoms with E-state index in [1.807, 2.05) is 6.07 Å². The second-order valence-corrected chi connectivity index (χ2v) is 5.17. The van der Waals surface area contributed by atoms with Gasteiger partial charge in [-0.15, -0.1) is 0 Å². The van der Waals surface area contributed by atoms with Crippen molar-refractivity contribution in [2.75, 3.05) is 12.8 Å². The molecule has 6 nitrogen and oxygen atoms in total. The molecule has 0 atom stereocenters. The fourth-order valence-electron chi connectivity index (χ4n) is 2.06. The van der Waals surface area contributed by atoms with Gasteiger partial charge in [0.2, 0.25) is 0 Å². The smallest absolute Gasteiger partial charge is 0.357 e. The Bertz CT molecular complexity index is 775. The van der Waals surface area contributed by atoms with Crippen LogP contribution in [0.2, 0.25) is 0 Å². The molecule has 0 unspecified atom stereocenters. The van der Waals surface area contributed by atoms with Crippen molar-refractivity contribution in [2.45, 2.75) is 6.92 Å². The Kier molecular flexibility index (Phi) is 3.91. The van der Waals surface area contributed by atoms with Gasteiger partial charge in [-0.05, 0) is 24.6 Å². The summed E-state index contributed by atoms with van der Waals surface area (Å²) in [4.78, 5) is 11.9. The van der Waals surface area contributed by atoms with Crippen LogP contribution in [-0.2, 0) is 4.74 Å². The predicted octanol–water partition coefficient (Wildman–Crippen LogP) is 2.49. The number of aromatic hydroxyl groups is 1. The van der Waals surface area contributed by atoms with Crippen LogP contribution in [0, 0.1) is 18.3 Å². The van der Waals surface area contributed by atoms with Crippen LogP contribution in [0.15, 0.2) is 22.8 Å². The summed E-state index contributed by atoms with van der Waals surface area (Å²) in [6.45, 7) is 1.77. The maximum atomic E-state index is 11.9. The number of nitriles is 1. The van der Waals surface area contributed by atoms with Crippen molar-refractivity contribution in [1.82, 2.24) is 4.57 Å². The van der Waals surface area contributed by atoms with Crippen molar-refractivity contribution < 1.29 is 14.6 Å². The first kappa shape index (κ1) is 14.9. The van der Waals surface area contributed by atoms with Gasteiger partial charge in [-0.2, -0.15) is 5.26 Å². The van der Waals surface area contributed by atoms with Crippen molar-refractivity contribution in [3.05, 3.63) is 39.6 Å². The van der Waals surface area contributed by atoms with Crippen LogP contribution in [0.3, 0.4) is 0 Å². The quantitative estimate of drug-likeness (QED) is 0.811. The Hall–Kier alpha value is -2.46. The van der Waals surface area contributed by atoms with Crippen LogP contribution in [0.4, 0.5) is 5.69 Å². The van der Waals surface area contributed by atoms with Gasteiger partial charge in [0.1, 0.15) is 11.8 Å². The maximum absolute atomic E-state index is 11.9. The Morgan fingerprint density at radius 1 is 1.52 bits per heavy atom. The van der Waals surface area contributed by atoms with E-state index in [1.165, 1.54) is 23.9 Å². The summed E-state index contributed by atoms with van der Waals surface area (Å²) in [5.74, 6) is -0.729. The second-order valence-electron chi connectivity index (χ2n) is 4.32. The molecule has 1 aromatic carbocycles. The van der Waals surface area contributed by atoms with Crippen LogP contribution in [0.1, 0.15) is 21.6 Å². The van der Waals surface area contributed by atoms with E-state index in [1.54, 1.807) is 13.0 Å². The number of hydrogen-bond donors (Lipinski definition) is 2. The number of carbonyl (C=O) groups excluding carboxylic acids is 1. The Morgan fingerprint density at radius 2 is 2.19 bits per heavy atom. The zero-order valence-electron chi connectivity index (χ0n) is 11.3. The highest BCUT2D eigenvalue weighted by atomic mass is 79.9. The number of aromatic nitrogens is 1. The molecule has 0 radical (unpaired) electrons. The van der Waals surface area contributed by atoms with Crippen LogP contribution in [0.5, 0.6) is 5.75 Å². The number of nitrogens with zero attached hydrogens (tertiary/aromatic N) is 2. The summed E-state index contributed by atoms with van der Waals surface area (Å²) in [6.07, 6.45) is 1.40. The molecule has 0 saturated carbocycles. The molecule has 0 amide bonds. The molecule has 3 N–H and O–H groups in total. The largest absolute Gasteiger partial charge is 0.506 e. The van der Waals surface area contributed by atoms with Crippen LogP contribution >= 0.6 is 15.9 Å². The summed E-state index contributed by atoms with van der Waals surface area (Å²) in [5, 5.41) is 19.2. The summed E-state index contributed by atoms with van der Waals surface area (Å²) in [6, 6.07) is 5.08. The lowest BCUT2D eigenvalue weighted by Gasteiger charge is -2.14. The van der Waals surface area contributed by atoms with E-state index in [0.29, 0.717) is 11.3 Å². The second kappa shape index (κ2) is 5.50. The minimum Gasteiger partial charge on any atom is -0.506 e. The molecule has 2 aromatic rings.